The Kier molecular flexibility index (Phi) is 8.36. The molecule has 0 spiro atoms. The third-order valence-corrected chi connectivity index (χ3v) is 7.09. The molecule has 3 aromatic rings. The molecule has 1 saturated carbocycles. The summed E-state index contributed by atoms with van der Waals surface area (Å²) < 4.78 is 0. The second-order valence-electron chi connectivity index (χ2n) is 9.75. The van der Waals surface area contributed by atoms with Crippen molar-refractivity contribution in [2.24, 2.45) is 0 Å². The second-order valence-corrected chi connectivity index (χ2v) is 9.75. The Balaban J connectivity index is 1.60. The zero-order valence-electron chi connectivity index (χ0n) is 20.8. The average molecular weight is 469 g/mol. The molecular formula is C31H36N2O2. The maximum absolute atomic E-state index is 13.9. The van der Waals surface area contributed by atoms with Gasteiger partial charge in [-0.05, 0) is 43.4 Å². The summed E-state index contributed by atoms with van der Waals surface area (Å²) in [5.74, 6) is -0.151. The van der Waals surface area contributed by atoms with E-state index in [1.807, 2.05) is 68.4 Å². The van der Waals surface area contributed by atoms with Crippen LogP contribution in [0.1, 0.15) is 67.2 Å². The average Bonchev–Trinajstić information content (AvgIpc) is 3.39. The number of nitrogens with zero attached hydrogens (tertiary/aromatic N) is 1. The van der Waals surface area contributed by atoms with Crippen LogP contribution in [0.3, 0.4) is 0 Å². The highest BCUT2D eigenvalue weighted by Gasteiger charge is 2.30. The predicted molar refractivity (Wildman–Crippen MR) is 141 cm³/mol. The maximum Gasteiger partial charge on any atom is 0.242 e. The summed E-state index contributed by atoms with van der Waals surface area (Å²) in [6.07, 6.45) is 4.66. The molecule has 0 aromatic heterocycles. The first-order valence-electron chi connectivity index (χ1n) is 12.8. The van der Waals surface area contributed by atoms with Crippen LogP contribution in [0.4, 0.5) is 0 Å². The molecule has 0 aliphatic heterocycles. The molecule has 1 aliphatic carbocycles. The number of rotatable bonds is 9. The van der Waals surface area contributed by atoms with Crippen molar-refractivity contribution < 1.29 is 9.59 Å². The van der Waals surface area contributed by atoms with Gasteiger partial charge in [0.25, 0.3) is 0 Å². The van der Waals surface area contributed by atoms with Crippen LogP contribution in [0.15, 0.2) is 84.9 Å². The van der Waals surface area contributed by atoms with Gasteiger partial charge in [0.15, 0.2) is 0 Å². The van der Waals surface area contributed by atoms with E-state index in [2.05, 4.69) is 35.6 Å². The lowest BCUT2D eigenvalue weighted by Crippen LogP contribution is -2.49. The first kappa shape index (κ1) is 24.7. The molecule has 1 aliphatic rings. The van der Waals surface area contributed by atoms with Crippen LogP contribution in [-0.4, -0.2) is 28.8 Å². The van der Waals surface area contributed by atoms with Crippen LogP contribution in [0.2, 0.25) is 0 Å². The molecule has 4 nitrogen and oxygen atoms in total. The van der Waals surface area contributed by atoms with Gasteiger partial charge in [-0.1, -0.05) is 103 Å². The van der Waals surface area contributed by atoms with E-state index in [0.717, 1.165) is 47.9 Å². The molecule has 0 radical (unpaired) electrons. The van der Waals surface area contributed by atoms with Gasteiger partial charge in [-0.15, -0.1) is 0 Å². The molecule has 0 bridgehead atoms. The van der Waals surface area contributed by atoms with Gasteiger partial charge in [0.05, 0.1) is 0 Å². The molecule has 1 N–H and O–H groups in total. The number of nitrogens with one attached hydrogen (secondary N) is 1. The van der Waals surface area contributed by atoms with Crippen LogP contribution in [0.25, 0.3) is 0 Å². The van der Waals surface area contributed by atoms with Crippen molar-refractivity contribution in [3.05, 3.63) is 107 Å². The zero-order valence-corrected chi connectivity index (χ0v) is 20.8. The Hall–Kier alpha value is -3.40. The summed E-state index contributed by atoms with van der Waals surface area (Å²) in [6.45, 7) is 4.32. The molecule has 4 rings (SSSR count). The van der Waals surface area contributed by atoms with Crippen LogP contribution in [0, 0.1) is 6.92 Å². The van der Waals surface area contributed by atoms with Crippen molar-refractivity contribution in [1.82, 2.24) is 10.2 Å². The van der Waals surface area contributed by atoms with Crippen molar-refractivity contribution in [2.45, 2.75) is 70.5 Å². The van der Waals surface area contributed by atoms with Gasteiger partial charge >= 0.3 is 0 Å². The minimum Gasteiger partial charge on any atom is -0.352 e. The minimum absolute atomic E-state index is 0.0155. The van der Waals surface area contributed by atoms with Crippen LogP contribution in [0.5, 0.6) is 0 Å². The fraction of sp³-hybridized carbons (Fsp3) is 0.355. The summed E-state index contributed by atoms with van der Waals surface area (Å²) in [7, 11) is 0. The minimum atomic E-state index is -0.546. The van der Waals surface area contributed by atoms with Crippen molar-refractivity contribution in [1.29, 1.82) is 0 Å². The van der Waals surface area contributed by atoms with E-state index in [0.29, 0.717) is 13.0 Å². The fourth-order valence-corrected chi connectivity index (χ4v) is 5.07. The number of carbonyl (C=O) groups is 2. The SMILES string of the molecule is Cc1cccc(CN(C(=O)CC(c2ccccc2)c2ccccc2)[C@H](C)C(=O)NC2CCCC2)c1. The first-order chi connectivity index (χ1) is 17.0. The predicted octanol–water partition coefficient (Wildman–Crippen LogP) is 5.99. The number of amides is 2. The van der Waals surface area contributed by atoms with E-state index in [9.17, 15) is 9.59 Å². The van der Waals surface area contributed by atoms with Crippen molar-refractivity contribution in [3.63, 3.8) is 0 Å². The number of hydrogen-bond acceptors (Lipinski definition) is 2. The smallest absolute Gasteiger partial charge is 0.242 e. The lowest BCUT2D eigenvalue weighted by atomic mass is 9.88. The lowest BCUT2D eigenvalue weighted by Gasteiger charge is -2.31. The van der Waals surface area contributed by atoms with E-state index in [-0.39, 0.29) is 23.8 Å². The van der Waals surface area contributed by atoms with Crippen molar-refractivity contribution in [2.75, 3.05) is 0 Å². The highest BCUT2D eigenvalue weighted by atomic mass is 16.2. The maximum atomic E-state index is 13.9. The Morgan fingerprint density at radius 3 is 2.06 bits per heavy atom. The van der Waals surface area contributed by atoms with Gasteiger partial charge < -0.3 is 10.2 Å². The molecule has 1 atom stereocenters. The quantitative estimate of drug-likeness (QED) is 0.419. The van der Waals surface area contributed by atoms with E-state index in [1.165, 1.54) is 0 Å². The summed E-state index contributed by atoms with van der Waals surface area (Å²) in [5, 5.41) is 3.20. The molecule has 1 fully saturated rings. The number of benzene rings is 3. The van der Waals surface area contributed by atoms with E-state index in [1.54, 1.807) is 4.90 Å². The first-order valence-corrected chi connectivity index (χ1v) is 12.8. The van der Waals surface area contributed by atoms with Gasteiger partial charge in [0.1, 0.15) is 6.04 Å². The van der Waals surface area contributed by atoms with Crippen LogP contribution >= 0.6 is 0 Å². The van der Waals surface area contributed by atoms with Crippen LogP contribution in [-0.2, 0) is 16.1 Å². The van der Waals surface area contributed by atoms with E-state index < -0.39 is 6.04 Å². The van der Waals surface area contributed by atoms with E-state index >= 15 is 0 Å². The largest absolute Gasteiger partial charge is 0.352 e. The van der Waals surface area contributed by atoms with Gasteiger partial charge in [-0.3, -0.25) is 9.59 Å². The fourth-order valence-electron chi connectivity index (χ4n) is 5.07. The number of carbonyl (C=O) groups excluding carboxylic acids is 2. The normalized spacial score (nSPS) is 14.6. The van der Waals surface area contributed by atoms with Gasteiger partial charge in [-0.2, -0.15) is 0 Å². The Labute approximate surface area is 209 Å². The van der Waals surface area contributed by atoms with Crippen LogP contribution < -0.4 is 5.32 Å². The lowest BCUT2D eigenvalue weighted by molar-refractivity contribution is -0.141. The Bertz CT molecular complexity index is 1070. The Morgan fingerprint density at radius 1 is 0.886 bits per heavy atom. The molecular weight excluding hydrogens is 432 g/mol. The number of aryl methyl sites for hydroxylation is 1. The summed E-state index contributed by atoms with van der Waals surface area (Å²) in [4.78, 5) is 28.9. The van der Waals surface area contributed by atoms with Gasteiger partial charge in [0, 0.05) is 24.9 Å². The topological polar surface area (TPSA) is 49.4 Å². The van der Waals surface area contributed by atoms with Gasteiger partial charge in [-0.25, -0.2) is 0 Å². The monoisotopic (exact) mass is 468 g/mol. The third-order valence-electron chi connectivity index (χ3n) is 7.09. The summed E-state index contributed by atoms with van der Waals surface area (Å²) in [5.41, 5.74) is 4.38. The van der Waals surface area contributed by atoms with Crippen molar-refractivity contribution in [3.8, 4) is 0 Å². The molecule has 4 heteroatoms. The highest BCUT2D eigenvalue weighted by molar-refractivity contribution is 5.88. The molecule has 35 heavy (non-hydrogen) atoms. The molecule has 0 saturated heterocycles. The highest BCUT2D eigenvalue weighted by Crippen LogP contribution is 2.29. The molecule has 0 heterocycles. The third kappa shape index (κ3) is 6.60. The standard InChI is InChI=1S/C31H36N2O2/c1-23-12-11-13-25(20-23)22-33(24(2)31(35)32-28-18-9-10-19-28)30(34)21-29(26-14-5-3-6-15-26)27-16-7-4-8-17-27/h3-8,11-17,20,24,28-29H,9-10,18-19,21-22H2,1-2H3,(H,32,35)/t24-/m1/s1. The zero-order chi connectivity index (χ0) is 24.6. The molecule has 182 valence electrons. The Morgan fingerprint density at radius 2 is 1.49 bits per heavy atom. The molecule has 2 amide bonds. The molecule has 0 unspecified atom stereocenters. The van der Waals surface area contributed by atoms with Gasteiger partial charge in [0.2, 0.25) is 11.8 Å². The summed E-state index contributed by atoms with van der Waals surface area (Å²) >= 11 is 0. The molecule has 3 aromatic carbocycles. The van der Waals surface area contributed by atoms with E-state index in [4.69, 9.17) is 0 Å². The summed E-state index contributed by atoms with van der Waals surface area (Å²) in [6, 6.07) is 28.2. The van der Waals surface area contributed by atoms with Crippen molar-refractivity contribution >= 4 is 11.8 Å². The number of hydrogen-bond donors (Lipinski definition) is 1. The second kappa shape index (κ2) is 11.8.